The molecule has 4 rings (SSSR count). The Morgan fingerprint density at radius 2 is 1.78 bits per heavy atom. The van der Waals surface area contributed by atoms with Crippen molar-refractivity contribution in [1.29, 1.82) is 0 Å². The van der Waals surface area contributed by atoms with Crippen molar-refractivity contribution < 1.29 is 32.2 Å². The molecule has 10 heteroatoms. The summed E-state index contributed by atoms with van der Waals surface area (Å²) in [6.45, 7) is 3.57. The van der Waals surface area contributed by atoms with Crippen LogP contribution < -0.4 is 0 Å². The van der Waals surface area contributed by atoms with Crippen molar-refractivity contribution >= 4 is 17.6 Å². The summed E-state index contributed by atoms with van der Waals surface area (Å²) < 4.78 is 50.7. The van der Waals surface area contributed by atoms with Crippen molar-refractivity contribution in [2.24, 2.45) is 0 Å². The van der Waals surface area contributed by atoms with Crippen LogP contribution in [-0.4, -0.2) is 40.3 Å². The fourth-order valence-corrected chi connectivity index (χ4v) is 4.24. The average Bonchev–Trinajstić information content (AvgIpc) is 3.32. The molecule has 0 aliphatic heterocycles. The van der Waals surface area contributed by atoms with Crippen LogP contribution in [0.4, 0.5) is 13.2 Å². The van der Waals surface area contributed by atoms with Gasteiger partial charge in [0.05, 0.1) is 36.7 Å². The molecule has 1 atom stereocenters. The van der Waals surface area contributed by atoms with Gasteiger partial charge in [-0.3, -0.25) is 4.79 Å². The van der Waals surface area contributed by atoms with Crippen LogP contribution in [0.25, 0.3) is 16.8 Å². The van der Waals surface area contributed by atoms with E-state index in [1.807, 2.05) is 0 Å². The van der Waals surface area contributed by atoms with Crippen LogP contribution >= 0.6 is 0 Å². The highest BCUT2D eigenvalue weighted by molar-refractivity contribution is 5.89. The van der Waals surface area contributed by atoms with Gasteiger partial charge in [-0.25, -0.2) is 14.3 Å². The standard InChI is InChI=1S/C27H24F3N3O4/c1-4-37-25(35)26(2,15-17-6-5-7-19(14-17)24(34)36-3)22-12-13-31-23-21(16-32-33(22)23)18-8-10-20(11-9-18)27(28,29)30/h5-14,16H,4,15H2,1-3H3. The highest BCUT2D eigenvalue weighted by atomic mass is 19.4. The van der Waals surface area contributed by atoms with Crippen LogP contribution in [0.15, 0.2) is 67.0 Å². The maximum atomic E-state index is 13.3. The quantitative estimate of drug-likeness (QED) is 0.315. The van der Waals surface area contributed by atoms with Crippen molar-refractivity contribution in [2.45, 2.75) is 31.9 Å². The Labute approximate surface area is 210 Å². The minimum Gasteiger partial charge on any atom is -0.465 e. The lowest BCUT2D eigenvalue weighted by molar-refractivity contribution is -0.149. The van der Waals surface area contributed by atoms with E-state index in [0.717, 1.165) is 12.1 Å². The molecule has 1 unspecified atom stereocenters. The smallest absolute Gasteiger partial charge is 0.416 e. The van der Waals surface area contributed by atoms with E-state index in [4.69, 9.17) is 9.47 Å². The van der Waals surface area contributed by atoms with Gasteiger partial charge in [-0.1, -0.05) is 24.3 Å². The first-order valence-electron chi connectivity index (χ1n) is 11.4. The number of aromatic nitrogens is 3. The third-order valence-electron chi connectivity index (χ3n) is 6.12. The first-order valence-corrected chi connectivity index (χ1v) is 11.4. The number of carbonyl (C=O) groups is 2. The Hall–Kier alpha value is -4.21. The fraction of sp³-hybridized carbons (Fsp3) is 0.259. The highest BCUT2D eigenvalue weighted by Gasteiger charge is 2.40. The monoisotopic (exact) mass is 511 g/mol. The van der Waals surface area contributed by atoms with Gasteiger partial charge in [-0.05, 0) is 61.7 Å². The molecule has 0 bridgehead atoms. The molecule has 192 valence electrons. The maximum absolute atomic E-state index is 13.3. The Morgan fingerprint density at radius 1 is 1.05 bits per heavy atom. The molecule has 4 aromatic rings. The number of hydrogen-bond donors (Lipinski definition) is 0. The number of nitrogens with zero attached hydrogens (tertiary/aromatic N) is 3. The number of fused-ring (bicyclic) bond motifs is 1. The molecule has 0 saturated heterocycles. The largest absolute Gasteiger partial charge is 0.465 e. The molecule has 2 aromatic heterocycles. The van der Waals surface area contributed by atoms with Crippen molar-refractivity contribution in [2.75, 3.05) is 13.7 Å². The second-order valence-corrected chi connectivity index (χ2v) is 8.62. The van der Waals surface area contributed by atoms with Gasteiger partial charge in [0.15, 0.2) is 5.65 Å². The third kappa shape index (κ3) is 5.04. The van der Waals surface area contributed by atoms with Crippen molar-refractivity contribution in [3.63, 3.8) is 0 Å². The molecule has 37 heavy (non-hydrogen) atoms. The molecular weight excluding hydrogens is 487 g/mol. The molecule has 0 aliphatic carbocycles. The topological polar surface area (TPSA) is 82.8 Å². The van der Waals surface area contributed by atoms with E-state index in [-0.39, 0.29) is 13.0 Å². The molecule has 2 aromatic carbocycles. The molecule has 0 aliphatic rings. The molecule has 0 fully saturated rings. The van der Waals surface area contributed by atoms with Gasteiger partial charge < -0.3 is 9.47 Å². The van der Waals surface area contributed by atoms with Crippen molar-refractivity contribution in [3.8, 4) is 11.1 Å². The van der Waals surface area contributed by atoms with Gasteiger partial charge in [-0.2, -0.15) is 18.3 Å². The van der Waals surface area contributed by atoms with E-state index < -0.39 is 29.1 Å². The molecule has 0 N–H and O–H groups in total. The van der Waals surface area contributed by atoms with Crippen LogP contribution in [0.3, 0.4) is 0 Å². The van der Waals surface area contributed by atoms with Gasteiger partial charge >= 0.3 is 18.1 Å². The van der Waals surface area contributed by atoms with E-state index in [2.05, 4.69) is 10.1 Å². The fourth-order valence-electron chi connectivity index (χ4n) is 4.24. The second kappa shape index (κ2) is 10.0. The Balaban J connectivity index is 1.80. The lowest BCUT2D eigenvalue weighted by atomic mass is 9.80. The number of alkyl halides is 3. The number of carbonyl (C=O) groups excluding carboxylic acids is 2. The minimum absolute atomic E-state index is 0.154. The van der Waals surface area contributed by atoms with Gasteiger partial charge in [0.2, 0.25) is 0 Å². The van der Waals surface area contributed by atoms with E-state index in [9.17, 15) is 22.8 Å². The van der Waals surface area contributed by atoms with Crippen LogP contribution in [0.5, 0.6) is 0 Å². The Kier molecular flexibility index (Phi) is 7.02. The zero-order chi connectivity index (χ0) is 26.8. The second-order valence-electron chi connectivity index (χ2n) is 8.62. The van der Waals surface area contributed by atoms with E-state index in [1.165, 1.54) is 36.2 Å². The summed E-state index contributed by atoms with van der Waals surface area (Å²) in [5, 5.41) is 4.43. The van der Waals surface area contributed by atoms with E-state index in [0.29, 0.717) is 33.6 Å². The number of rotatable bonds is 7. The zero-order valence-electron chi connectivity index (χ0n) is 20.4. The third-order valence-corrected chi connectivity index (χ3v) is 6.12. The lowest BCUT2D eigenvalue weighted by Crippen LogP contribution is -2.38. The van der Waals surface area contributed by atoms with Gasteiger partial charge in [-0.15, -0.1) is 0 Å². The van der Waals surface area contributed by atoms with E-state index >= 15 is 0 Å². The summed E-state index contributed by atoms with van der Waals surface area (Å²) >= 11 is 0. The number of hydrogen-bond acceptors (Lipinski definition) is 6. The highest BCUT2D eigenvalue weighted by Crippen LogP contribution is 2.34. The maximum Gasteiger partial charge on any atom is 0.416 e. The summed E-state index contributed by atoms with van der Waals surface area (Å²) in [7, 11) is 1.29. The predicted molar refractivity (Wildman–Crippen MR) is 129 cm³/mol. The zero-order valence-corrected chi connectivity index (χ0v) is 20.4. The van der Waals surface area contributed by atoms with Crippen LogP contribution in [0, 0.1) is 0 Å². The molecule has 7 nitrogen and oxygen atoms in total. The van der Waals surface area contributed by atoms with Crippen LogP contribution in [-0.2, 0) is 32.3 Å². The van der Waals surface area contributed by atoms with Crippen molar-refractivity contribution in [3.05, 3.63) is 89.4 Å². The lowest BCUT2D eigenvalue weighted by Gasteiger charge is -2.28. The Bertz CT molecular complexity index is 1450. The first kappa shape index (κ1) is 25.9. The normalized spacial score (nSPS) is 13.2. The SMILES string of the molecule is CCOC(=O)C(C)(Cc1cccc(C(=O)OC)c1)c1ccnc2c(-c3ccc(C(F)(F)F)cc3)cnn12. The summed E-state index contributed by atoms with van der Waals surface area (Å²) in [5.74, 6) is -1.00. The summed E-state index contributed by atoms with van der Waals surface area (Å²) in [5.41, 5.74) is 0.883. The molecule has 0 saturated carbocycles. The summed E-state index contributed by atoms with van der Waals surface area (Å²) in [6, 6.07) is 13.1. The number of esters is 2. The summed E-state index contributed by atoms with van der Waals surface area (Å²) in [6.07, 6.45) is -1.26. The van der Waals surface area contributed by atoms with Crippen LogP contribution in [0.2, 0.25) is 0 Å². The number of ether oxygens (including phenoxy) is 2. The number of benzene rings is 2. The van der Waals surface area contributed by atoms with Crippen LogP contribution in [0.1, 0.15) is 41.0 Å². The van der Waals surface area contributed by atoms with E-state index in [1.54, 1.807) is 44.2 Å². The van der Waals surface area contributed by atoms with Gasteiger partial charge in [0, 0.05) is 11.8 Å². The average molecular weight is 512 g/mol. The molecule has 0 radical (unpaired) electrons. The molecule has 2 heterocycles. The summed E-state index contributed by atoms with van der Waals surface area (Å²) in [4.78, 5) is 29.7. The molecular formula is C27H24F3N3O4. The predicted octanol–water partition coefficient (Wildman–Crippen LogP) is 5.27. The van der Waals surface area contributed by atoms with Gasteiger partial charge in [0.25, 0.3) is 0 Å². The van der Waals surface area contributed by atoms with Crippen molar-refractivity contribution in [1.82, 2.24) is 14.6 Å². The molecule has 0 spiro atoms. The number of halogens is 3. The van der Waals surface area contributed by atoms with Gasteiger partial charge in [0.1, 0.15) is 5.41 Å². The number of methoxy groups -OCH3 is 1. The first-order chi connectivity index (χ1) is 17.6. The molecule has 0 amide bonds. The minimum atomic E-state index is -4.45. The Morgan fingerprint density at radius 3 is 2.43 bits per heavy atom.